The molecule has 0 aliphatic carbocycles. The molecule has 0 radical (unpaired) electrons. The lowest BCUT2D eigenvalue weighted by Gasteiger charge is -2.16. The summed E-state index contributed by atoms with van der Waals surface area (Å²) in [6, 6.07) is 0. The molecule has 1 rings (SSSR count). The molecule has 10 heavy (non-hydrogen) atoms. The molecule has 4 nitrogen and oxygen atoms in total. The maximum atomic E-state index is 8.97. The van der Waals surface area contributed by atoms with Crippen molar-refractivity contribution in [2.24, 2.45) is 5.73 Å². The van der Waals surface area contributed by atoms with E-state index in [4.69, 9.17) is 20.7 Å². The van der Waals surface area contributed by atoms with Crippen LogP contribution in [0.3, 0.4) is 0 Å². The normalized spacial score (nSPS) is 25.8. The molecule has 0 aromatic carbocycles. The van der Waals surface area contributed by atoms with Crippen molar-refractivity contribution in [1.82, 2.24) is 0 Å². The van der Waals surface area contributed by atoms with Crippen LogP contribution >= 0.6 is 0 Å². The highest BCUT2D eigenvalue weighted by atomic mass is 16.5. The Bertz CT molecular complexity index is 207. The Hall–Kier alpha value is -1.16. The van der Waals surface area contributed by atoms with E-state index in [0.29, 0.717) is 5.76 Å². The lowest BCUT2D eigenvalue weighted by atomic mass is 10.2. The SMILES string of the molecule is CC1=CC(O)C(O)=C(N)O1. The smallest absolute Gasteiger partial charge is 0.231 e. The fourth-order valence-electron chi connectivity index (χ4n) is 0.707. The number of rotatable bonds is 0. The molecule has 56 valence electrons. The topological polar surface area (TPSA) is 75.7 Å². The number of nitrogens with two attached hydrogens (primary N) is 1. The molecule has 1 unspecified atom stereocenters. The second-order valence-electron chi connectivity index (χ2n) is 2.07. The predicted octanol–water partition coefficient (Wildman–Crippen LogP) is -0.0329. The Morgan fingerprint density at radius 2 is 2.30 bits per heavy atom. The van der Waals surface area contributed by atoms with Gasteiger partial charge in [-0.15, -0.1) is 0 Å². The van der Waals surface area contributed by atoms with Gasteiger partial charge in [-0.2, -0.15) is 0 Å². The first-order chi connectivity index (χ1) is 4.61. The van der Waals surface area contributed by atoms with E-state index in [1.165, 1.54) is 6.08 Å². The summed E-state index contributed by atoms with van der Waals surface area (Å²) < 4.78 is 4.78. The molecule has 0 saturated carbocycles. The van der Waals surface area contributed by atoms with Gasteiger partial charge in [0.25, 0.3) is 0 Å². The van der Waals surface area contributed by atoms with Crippen molar-refractivity contribution in [2.45, 2.75) is 13.0 Å². The maximum absolute atomic E-state index is 8.97. The minimum atomic E-state index is -1.02. The Labute approximate surface area is 58.2 Å². The van der Waals surface area contributed by atoms with Crippen LogP contribution in [0.15, 0.2) is 23.5 Å². The largest absolute Gasteiger partial charge is 0.505 e. The van der Waals surface area contributed by atoms with E-state index in [-0.39, 0.29) is 11.6 Å². The van der Waals surface area contributed by atoms with Crippen LogP contribution in [0.1, 0.15) is 6.92 Å². The summed E-state index contributed by atoms with van der Waals surface area (Å²) in [5, 5.41) is 17.9. The Balaban J connectivity index is 2.85. The summed E-state index contributed by atoms with van der Waals surface area (Å²) in [6.07, 6.45) is 0.347. The summed E-state index contributed by atoms with van der Waals surface area (Å²) in [7, 11) is 0. The second-order valence-corrected chi connectivity index (χ2v) is 2.07. The van der Waals surface area contributed by atoms with Crippen molar-refractivity contribution < 1.29 is 14.9 Å². The number of ether oxygens (including phenoxy) is 1. The quantitative estimate of drug-likeness (QED) is 0.445. The van der Waals surface area contributed by atoms with Gasteiger partial charge in [-0.25, -0.2) is 0 Å². The third-order valence-electron chi connectivity index (χ3n) is 1.20. The zero-order chi connectivity index (χ0) is 7.72. The fourth-order valence-corrected chi connectivity index (χ4v) is 0.707. The monoisotopic (exact) mass is 143 g/mol. The molecule has 0 spiro atoms. The molecule has 0 fully saturated rings. The van der Waals surface area contributed by atoms with Crippen LogP contribution in [0.5, 0.6) is 0 Å². The molecule has 4 heteroatoms. The maximum Gasteiger partial charge on any atom is 0.231 e. The Morgan fingerprint density at radius 3 is 2.80 bits per heavy atom. The van der Waals surface area contributed by atoms with E-state index in [1.807, 2.05) is 0 Å². The van der Waals surface area contributed by atoms with Gasteiger partial charge < -0.3 is 20.7 Å². The van der Waals surface area contributed by atoms with Crippen molar-refractivity contribution in [3.63, 3.8) is 0 Å². The Kier molecular flexibility index (Phi) is 1.55. The zero-order valence-electron chi connectivity index (χ0n) is 5.53. The van der Waals surface area contributed by atoms with Crippen LogP contribution in [0, 0.1) is 0 Å². The molecule has 1 atom stereocenters. The van der Waals surface area contributed by atoms with Crippen molar-refractivity contribution in [1.29, 1.82) is 0 Å². The van der Waals surface area contributed by atoms with E-state index in [2.05, 4.69) is 0 Å². The predicted molar refractivity (Wildman–Crippen MR) is 34.7 cm³/mol. The summed E-state index contributed by atoms with van der Waals surface area (Å²) in [4.78, 5) is 0. The van der Waals surface area contributed by atoms with Gasteiger partial charge in [-0.1, -0.05) is 0 Å². The number of hydrogen-bond donors (Lipinski definition) is 3. The van der Waals surface area contributed by atoms with Crippen LogP contribution in [0.2, 0.25) is 0 Å². The summed E-state index contributed by atoms with van der Waals surface area (Å²) in [5.74, 6) is 0.0286. The van der Waals surface area contributed by atoms with Crippen LogP contribution in [-0.2, 0) is 4.74 Å². The first kappa shape index (κ1) is 6.95. The van der Waals surface area contributed by atoms with Crippen LogP contribution in [0.25, 0.3) is 0 Å². The van der Waals surface area contributed by atoms with Crippen LogP contribution in [-0.4, -0.2) is 16.3 Å². The summed E-state index contributed by atoms with van der Waals surface area (Å²) in [6.45, 7) is 1.64. The molecule has 4 N–H and O–H groups in total. The van der Waals surface area contributed by atoms with Crippen molar-refractivity contribution in [3.8, 4) is 0 Å². The molecule has 1 heterocycles. The molecular weight excluding hydrogens is 134 g/mol. The van der Waals surface area contributed by atoms with E-state index in [9.17, 15) is 0 Å². The van der Waals surface area contributed by atoms with Crippen LogP contribution < -0.4 is 5.73 Å². The zero-order valence-corrected chi connectivity index (χ0v) is 5.53. The standard InChI is InChI=1S/C6H9NO3/c1-3-2-4(8)5(9)6(7)10-3/h2,4,8-9H,7H2,1H3. The molecule has 0 aromatic rings. The molecular formula is C6H9NO3. The van der Waals surface area contributed by atoms with Gasteiger partial charge in [-0.05, 0) is 13.0 Å². The van der Waals surface area contributed by atoms with Crippen LogP contribution in [0.4, 0.5) is 0 Å². The molecule has 0 bridgehead atoms. The molecule has 1 aliphatic rings. The molecule has 1 aliphatic heterocycles. The van der Waals surface area contributed by atoms with Gasteiger partial charge in [0.05, 0.1) is 0 Å². The fraction of sp³-hybridized carbons (Fsp3) is 0.333. The second kappa shape index (κ2) is 2.22. The summed E-state index contributed by atoms with van der Waals surface area (Å²) in [5.41, 5.74) is 5.17. The van der Waals surface area contributed by atoms with Crippen molar-refractivity contribution >= 4 is 0 Å². The van der Waals surface area contributed by atoms with Gasteiger partial charge in [0.15, 0.2) is 5.76 Å². The van der Waals surface area contributed by atoms with Gasteiger partial charge in [0.2, 0.25) is 5.88 Å². The van der Waals surface area contributed by atoms with E-state index < -0.39 is 6.10 Å². The molecule has 0 saturated heterocycles. The van der Waals surface area contributed by atoms with Gasteiger partial charge >= 0.3 is 0 Å². The first-order valence-corrected chi connectivity index (χ1v) is 2.84. The third-order valence-corrected chi connectivity index (χ3v) is 1.20. The number of hydrogen-bond acceptors (Lipinski definition) is 4. The summed E-state index contributed by atoms with van der Waals surface area (Å²) >= 11 is 0. The minimum absolute atomic E-state index is 0.132. The van der Waals surface area contributed by atoms with E-state index in [1.54, 1.807) is 6.92 Å². The van der Waals surface area contributed by atoms with Gasteiger partial charge in [0, 0.05) is 0 Å². The lowest BCUT2D eigenvalue weighted by Crippen LogP contribution is -2.20. The van der Waals surface area contributed by atoms with Gasteiger partial charge in [0.1, 0.15) is 11.9 Å². The average Bonchev–Trinajstić information content (AvgIpc) is 1.82. The van der Waals surface area contributed by atoms with Crippen molar-refractivity contribution in [2.75, 3.05) is 0 Å². The first-order valence-electron chi connectivity index (χ1n) is 2.84. The average molecular weight is 143 g/mol. The van der Waals surface area contributed by atoms with Crippen molar-refractivity contribution in [3.05, 3.63) is 23.5 Å². The molecule has 0 amide bonds. The van der Waals surface area contributed by atoms with Gasteiger partial charge in [-0.3, -0.25) is 0 Å². The number of aliphatic hydroxyl groups is 2. The number of allylic oxidation sites excluding steroid dienone is 1. The highest BCUT2D eigenvalue weighted by Gasteiger charge is 2.17. The third kappa shape index (κ3) is 1.06. The van der Waals surface area contributed by atoms with E-state index in [0.717, 1.165) is 0 Å². The highest BCUT2D eigenvalue weighted by molar-refractivity contribution is 5.17. The molecule has 0 aromatic heterocycles. The van der Waals surface area contributed by atoms with E-state index >= 15 is 0 Å². The Morgan fingerprint density at radius 1 is 1.70 bits per heavy atom. The number of aliphatic hydroxyl groups excluding tert-OH is 2. The lowest BCUT2D eigenvalue weighted by molar-refractivity contribution is 0.144. The highest BCUT2D eigenvalue weighted by Crippen LogP contribution is 2.15. The minimum Gasteiger partial charge on any atom is -0.505 e.